The van der Waals surface area contributed by atoms with Gasteiger partial charge in [0.2, 0.25) is 10.0 Å². The number of anilines is 1. The Labute approximate surface area is 164 Å². The smallest absolute Gasteiger partial charge is 0.243 e. The second-order valence-electron chi connectivity index (χ2n) is 6.10. The second kappa shape index (κ2) is 8.64. The van der Waals surface area contributed by atoms with Crippen molar-refractivity contribution in [1.29, 1.82) is 0 Å². The third kappa shape index (κ3) is 4.74. The number of sulfonamides is 1. The number of methoxy groups -OCH3 is 1. The van der Waals surface area contributed by atoms with Gasteiger partial charge in [-0.15, -0.1) is 0 Å². The molecule has 1 aliphatic heterocycles. The zero-order chi connectivity index (χ0) is 19.3. The molecule has 1 aliphatic rings. The quantitative estimate of drug-likeness (QED) is 0.713. The molecule has 1 fully saturated rings. The predicted octanol–water partition coefficient (Wildman–Crippen LogP) is 2.36. The molecule has 0 bridgehead atoms. The molecule has 2 N–H and O–H groups in total. The lowest BCUT2D eigenvalue weighted by Gasteiger charge is -2.18. The summed E-state index contributed by atoms with van der Waals surface area (Å²) in [4.78, 5) is 4.44. The van der Waals surface area contributed by atoms with Gasteiger partial charge >= 0.3 is 0 Å². The highest BCUT2D eigenvalue weighted by molar-refractivity contribution is 7.89. The van der Waals surface area contributed by atoms with E-state index in [0.717, 1.165) is 18.5 Å². The number of hydrogen-bond donors (Lipinski definition) is 2. The Balaban J connectivity index is 1.74. The van der Waals surface area contributed by atoms with Crippen molar-refractivity contribution in [3.8, 4) is 5.75 Å². The Morgan fingerprint density at radius 1 is 1.26 bits per heavy atom. The number of nitrogens with one attached hydrogen (secondary N) is 2. The first-order valence-corrected chi connectivity index (χ1v) is 10.5. The molecular formula is C18H22N4O3S2. The summed E-state index contributed by atoms with van der Waals surface area (Å²) < 4.78 is 32.4. The fraction of sp³-hybridized carbons (Fsp3) is 0.333. The zero-order valence-corrected chi connectivity index (χ0v) is 16.6. The molecule has 0 unspecified atom stereocenters. The molecule has 0 atom stereocenters. The Bertz CT molecular complexity index is 898. The molecule has 0 radical (unpaired) electrons. The predicted molar refractivity (Wildman–Crippen MR) is 108 cm³/mol. The molecule has 0 saturated carbocycles. The topological polar surface area (TPSA) is 83.6 Å². The molecule has 9 heteroatoms. The Kier molecular flexibility index (Phi) is 6.25. The SMILES string of the molecule is COc1ccc(S(=O)(=O)N2CCCC2)cc1NC(=S)NCc1ccccn1. The molecule has 3 rings (SSSR count). The van der Waals surface area contributed by atoms with Crippen molar-refractivity contribution in [3.05, 3.63) is 48.3 Å². The van der Waals surface area contributed by atoms with Gasteiger partial charge < -0.3 is 15.4 Å². The van der Waals surface area contributed by atoms with Crippen LogP contribution in [-0.2, 0) is 16.6 Å². The molecule has 0 amide bonds. The van der Waals surface area contributed by atoms with E-state index in [1.54, 1.807) is 24.4 Å². The van der Waals surface area contributed by atoms with E-state index in [0.29, 0.717) is 36.2 Å². The van der Waals surface area contributed by atoms with Gasteiger partial charge in [0.05, 0.1) is 29.9 Å². The van der Waals surface area contributed by atoms with Crippen molar-refractivity contribution in [2.75, 3.05) is 25.5 Å². The minimum absolute atomic E-state index is 0.222. The van der Waals surface area contributed by atoms with Crippen molar-refractivity contribution < 1.29 is 13.2 Å². The fourth-order valence-electron chi connectivity index (χ4n) is 2.86. The maximum absolute atomic E-state index is 12.8. The van der Waals surface area contributed by atoms with Crippen LogP contribution in [-0.4, -0.2) is 43.0 Å². The highest BCUT2D eigenvalue weighted by Crippen LogP contribution is 2.30. The Hall–Kier alpha value is -2.23. The van der Waals surface area contributed by atoms with Crippen LogP contribution in [0, 0.1) is 0 Å². The van der Waals surface area contributed by atoms with E-state index in [9.17, 15) is 8.42 Å². The minimum Gasteiger partial charge on any atom is -0.495 e. The normalized spacial score (nSPS) is 14.7. The molecule has 0 aliphatic carbocycles. The van der Waals surface area contributed by atoms with Gasteiger partial charge in [-0.25, -0.2) is 8.42 Å². The van der Waals surface area contributed by atoms with Gasteiger partial charge in [0.25, 0.3) is 0 Å². The maximum atomic E-state index is 12.8. The standard InChI is InChI=1S/C18H22N4O3S2/c1-25-17-8-7-15(27(23,24)22-10-4-5-11-22)12-16(17)21-18(26)20-13-14-6-2-3-9-19-14/h2-3,6-9,12H,4-5,10-11,13H2,1H3,(H2,20,21,26). The van der Waals surface area contributed by atoms with E-state index >= 15 is 0 Å². The summed E-state index contributed by atoms with van der Waals surface area (Å²) in [6, 6.07) is 10.4. The summed E-state index contributed by atoms with van der Waals surface area (Å²) in [7, 11) is -1.99. The van der Waals surface area contributed by atoms with E-state index in [4.69, 9.17) is 17.0 Å². The van der Waals surface area contributed by atoms with Crippen LogP contribution in [0.2, 0.25) is 0 Å². The first-order chi connectivity index (χ1) is 13.0. The lowest BCUT2D eigenvalue weighted by Crippen LogP contribution is -2.29. The number of hydrogen-bond acceptors (Lipinski definition) is 5. The number of nitrogens with zero attached hydrogens (tertiary/aromatic N) is 2. The van der Waals surface area contributed by atoms with Gasteiger partial charge in [0.15, 0.2) is 5.11 Å². The van der Waals surface area contributed by atoms with Crippen molar-refractivity contribution in [2.24, 2.45) is 0 Å². The number of pyridine rings is 1. The zero-order valence-electron chi connectivity index (χ0n) is 15.0. The third-order valence-corrected chi connectivity index (χ3v) is 6.42. The van der Waals surface area contributed by atoms with Gasteiger partial charge in [-0.2, -0.15) is 4.31 Å². The van der Waals surface area contributed by atoms with E-state index in [2.05, 4.69) is 15.6 Å². The Morgan fingerprint density at radius 2 is 2.04 bits per heavy atom. The number of rotatable bonds is 6. The van der Waals surface area contributed by atoms with Crippen molar-refractivity contribution in [3.63, 3.8) is 0 Å². The molecular weight excluding hydrogens is 384 g/mol. The van der Waals surface area contributed by atoms with E-state index < -0.39 is 10.0 Å². The highest BCUT2D eigenvalue weighted by Gasteiger charge is 2.27. The lowest BCUT2D eigenvalue weighted by atomic mass is 10.3. The van der Waals surface area contributed by atoms with Gasteiger partial charge in [0.1, 0.15) is 5.75 Å². The summed E-state index contributed by atoms with van der Waals surface area (Å²) in [6.45, 7) is 1.57. The molecule has 2 aromatic rings. The molecule has 2 heterocycles. The van der Waals surface area contributed by atoms with Gasteiger partial charge in [-0.3, -0.25) is 4.98 Å². The monoisotopic (exact) mass is 406 g/mol. The van der Waals surface area contributed by atoms with E-state index in [-0.39, 0.29) is 4.90 Å². The highest BCUT2D eigenvalue weighted by atomic mass is 32.2. The molecule has 1 saturated heterocycles. The molecule has 27 heavy (non-hydrogen) atoms. The van der Waals surface area contributed by atoms with Crippen LogP contribution in [0.25, 0.3) is 0 Å². The number of thiocarbonyl (C=S) groups is 1. The summed E-state index contributed by atoms with van der Waals surface area (Å²) in [6.07, 6.45) is 3.49. The largest absolute Gasteiger partial charge is 0.495 e. The van der Waals surface area contributed by atoms with Crippen molar-refractivity contribution >= 4 is 33.0 Å². The van der Waals surface area contributed by atoms with Crippen LogP contribution in [0.4, 0.5) is 5.69 Å². The van der Waals surface area contributed by atoms with Crippen LogP contribution >= 0.6 is 12.2 Å². The summed E-state index contributed by atoms with van der Waals surface area (Å²) in [5.41, 5.74) is 1.34. The number of aromatic nitrogens is 1. The fourth-order valence-corrected chi connectivity index (χ4v) is 4.59. The number of benzene rings is 1. The summed E-state index contributed by atoms with van der Waals surface area (Å²) in [5.74, 6) is 0.511. The minimum atomic E-state index is -3.51. The van der Waals surface area contributed by atoms with E-state index in [1.165, 1.54) is 11.4 Å². The molecule has 1 aromatic carbocycles. The summed E-state index contributed by atoms with van der Waals surface area (Å²) in [5, 5.41) is 6.43. The maximum Gasteiger partial charge on any atom is 0.243 e. The first kappa shape index (κ1) is 19.5. The van der Waals surface area contributed by atoms with E-state index in [1.807, 2.05) is 18.2 Å². The average Bonchev–Trinajstić information content (AvgIpc) is 3.23. The van der Waals surface area contributed by atoms with Crippen molar-refractivity contribution in [1.82, 2.24) is 14.6 Å². The van der Waals surface area contributed by atoms with Crippen LogP contribution in [0.15, 0.2) is 47.5 Å². The number of ether oxygens (including phenoxy) is 1. The Morgan fingerprint density at radius 3 is 2.70 bits per heavy atom. The van der Waals surface area contributed by atoms with Crippen LogP contribution in [0.5, 0.6) is 5.75 Å². The molecule has 0 spiro atoms. The average molecular weight is 407 g/mol. The van der Waals surface area contributed by atoms with Gasteiger partial charge in [0, 0.05) is 19.3 Å². The third-order valence-electron chi connectivity index (χ3n) is 4.28. The molecule has 7 nitrogen and oxygen atoms in total. The van der Waals surface area contributed by atoms with Crippen LogP contribution < -0.4 is 15.4 Å². The summed E-state index contributed by atoms with van der Waals surface area (Å²) >= 11 is 5.32. The van der Waals surface area contributed by atoms with Crippen LogP contribution in [0.3, 0.4) is 0 Å². The first-order valence-electron chi connectivity index (χ1n) is 8.63. The van der Waals surface area contributed by atoms with Crippen molar-refractivity contribution in [2.45, 2.75) is 24.3 Å². The second-order valence-corrected chi connectivity index (χ2v) is 8.45. The van der Waals surface area contributed by atoms with Gasteiger partial charge in [-0.1, -0.05) is 6.07 Å². The lowest BCUT2D eigenvalue weighted by molar-refractivity contribution is 0.416. The molecule has 144 valence electrons. The van der Waals surface area contributed by atoms with Gasteiger partial charge in [-0.05, 0) is 55.4 Å². The molecule has 1 aromatic heterocycles. The van der Waals surface area contributed by atoms with Crippen LogP contribution in [0.1, 0.15) is 18.5 Å².